The zero-order valence-electron chi connectivity index (χ0n) is 11.0. The average molecular weight is 244 g/mol. The Balaban J connectivity index is 4.38. The highest BCUT2D eigenvalue weighted by Crippen LogP contribution is 2.16. The normalized spacial score (nSPS) is 14.2. The fourth-order valence-corrected chi connectivity index (χ4v) is 1.52. The van der Waals surface area contributed by atoms with E-state index in [1.54, 1.807) is 0 Å². The first kappa shape index (κ1) is 16.1. The van der Waals surface area contributed by atoms with Crippen LogP contribution in [0.15, 0.2) is 11.1 Å². The van der Waals surface area contributed by atoms with Gasteiger partial charge in [0.2, 0.25) is 0 Å². The lowest BCUT2D eigenvalue weighted by Crippen LogP contribution is -2.22. The molecule has 4 heteroatoms. The van der Waals surface area contributed by atoms with Gasteiger partial charge in [0.05, 0.1) is 6.61 Å². The quantitative estimate of drug-likeness (QED) is 0.504. The topological polar surface area (TPSA) is 66.8 Å². The zero-order chi connectivity index (χ0) is 13.3. The van der Waals surface area contributed by atoms with Crippen molar-refractivity contribution in [1.29, 1.82) is 0 Å². The van der Waals surface area contributed by atoms with Crippen LogP contribution in [0, 0.1) is 0 Å². The van der Waals surface area contributed by atoms with Crippen LogP contribution in [0.25, 0.3) is 0 Å². The van der Waals surface area contributed by atoms with Gasteiger partial charge in [0.1, 0.15) is 12.7 Å². The van der Waals surface area contributed by atoms with Crippen molar-refractivity contribution in [2.24, 2.45) is 0 Å². The lowest BCUT2D eigenvalue weighted by atomic mass is 10.0. The van der Waals surface area contributed by atoms with Crippen molar-refractivity contribution in [2.75, 3.05) is 13.2 Å². The molecule has 0 bridgehead atoms. The van der Waals surface area contributed by atoms with Crippen LogP contribution in [0.5, 0.6) is 0 Å². The highest BCUT2D eigenvalue weighted by atomic mass is 16.5. The molecule has 0 aromatic heterocycles. The predicted molar refractivity (Wildman–Crippen MR) is 66.6 cm³/mol. The number of hydrogen-bond acceptors (Lipinski definition) is 4. The summed E-state index contributed by atoms with van der Waals surface area (Å²) in [4.78, 5) is 11.7. The maximum Gasteiger partial charge on any atom is 0.334 e. The van der Waals surface area contributed by atoms with Gasteiger partial charge in [-0.25, -0.2) is 4.79 Å². The van der Waals surface area contributed by atoms with Gasteiger partial charge in [-0.05, 0) is 26.2 Å². The largest absolute Gasteiger partial charge is 0.459 e. The van der Waals surface area contributed by atoms with Crippen molar-refractivity contribution in [3.8, 4) is 0 Å². The second-order valence-electron chi connectivity index (χ2n) is 4.15. The van der Waals surface area contributed by atoms with E-state index < -0.39 is 12.7 Å². The summed E-state index contributed by atoms with van der Waals surface area (Å²) in [6.45, 7) is 5.41. The van der Waals surface area contributed by atoms with E-state index in [0.717, 1.165) is 24.8 Å². The van der Waals surface area contributed by atoms with Gasteiger partial charge in [-0.3, -0.25) is 0 Å². The average Bonchev–Trinajstić information content (AvgIpc) is 2.34. The van der Waals surface area contributed by atoms with Gasteiger partial charge in [-0.2, -0.15) is 0 Å². The number of aliphatic hydroxyl groups excluding tert-OH is 2. The molecule has 0 aromatic carbocycles. The van der Waals surface area contributed by atoms with Crippen molar-refractivity contribution in [3.63, 3.8) is 0 Å². The maximum absolute atomic E-state index is 11.7. The third kappa shape index (κ3) is 6.44. The Morgan fingerprint density at radius 2 is 2.00 bits per heavy atom. The summed E-state index contributed by atoms with van der Waals surface area (Å²) in [7, 11) is 0. The number of carbonyl (C=O) groups excluding carboxylic acids is 1. The van der Waals surface area contributed by atoms with Gasteiger partial charge < -0.3 is 14.9 Å². The fourth-order valence-electron chi connectivity index (χ4n) is 1.52. The number of unbranched alkanes of at least 4 members (excludes halogenated alkanes) is 1. The van der Waals surface area contributed by atoms with Crippen molar-refractivity contribution in [2.45, 2.75) is 52.6 Å². The van der Waals surface area contributed by atoms with E-state index in [4.69, 9.17) is 14.9 Å². The Bertz CT molecular complexity index is 258. The number of esters is 1. The molecule has 0 radical (unpaired) electrons. The second-order valence-corrected chi connectivity index (χ2v) is 4.15. The molecule has 0 amide bonds. The summed E-state index contributed by atoms with van der Waals surface area (Å²) >= 11 is 0. The molecular weight excluding hydrogens is 220 g/mol. The second kappa shape index (κ2) is 9.19. The predicted octanol–water partition coefficient (Wildman–Crippen LogP) is 1.80. The third-order valence-corrected chi connectivity index (χ3v) is 2.64. The SMILES string of the molecule is CCCCC(C)=C(CC)C(=O)OCC(O)CO. The van der Waals surface area contributed by atoms with Gasteiger partial charge in [0, 0.05) is 5.57 Å². The van der Waals surface area contributed by atoms with Crippen LogP contribution in [0.4, 0.5) is 0 Å². The summed E-state index contributed by atoms with van der Waals surface area (Å²) < 4.78 is 4.94. The zero-order valence-corrected chi connectivity index (χ0v) is 11.0. The summed E-state index contributed by atoms with van der Waals surface area (Å²) in [6.07, 6.45) is 2.68. The van der Waals surface area contributed by atoms with Crippen molar-refractivity contribution < 1.29 is 19.7 Å². The molecular formula is C13H24O4. The van der Waals surface area contributed by atoms with E-state index >= 15 is 0 Å². The number of ether oxygens (including phenoxy) is 1. The number of carbonyl (C=O) groups is 1. The highest BCUT2D eigenvalue weighted by Gasteiger charge is 2.14. The smallest absolute Gasteiger partial charge is 0.334 e. The van der Waals surface area contributed by atoms with Gasteiger partial charge in [0.25, 0.3) is 0 Å². The summed E-state index contributed by atoms with van der Waals surface area (Å²) in [5.74, 6) is -0.381. The molecule has 4 nitrogen and oxygen atoms in total. The minimum Gasteiger partial charge on any atom is -0.459 e. The van der Waals surface area contributed by atoms with Crippen molar-refractivity contribution in [3.05, 3.63) is 11.1 Å². The Kier molecular flexibility index (Phi) is 8.72. The van der Waals surface area contributed by atoms with Crippen LogP contribution < -0.4 is 0 Å². The fraction of sp³-hybridized carbons (Fsp3) is 0.769. The van der Waals surface area contributed by atoms with Crippen LogP contribution in [-0.4, -0.2) is 35.5 Å². The number of aliphatic hydroxyl groups is 2. The Morgan fingerprint density at radius 1 is 1.35 bits per heavy atom. The van der Waals surface area contributed by atoms with E-state index in [-0.39, 0.29) is 12.6 Å². The summed E-state index contributed by atoms with van der Waals surface area (Å²) in [5.41, 5.74) is 1.74. The van der Waals surface area contributed by atoms with Gasteiger partial charge in [-0.1, -0.05) is 25.8 Å². The Hall–Kier alpha value is -0.870. The minimum atomic E-state index is -0.993. The van der Waals surface area contributed by atoms with E-state index in [9.17, 15) is 4.79 Å². The molecule has 17 heavy (non-hydrogen) atoms. The molecule has 0 aliphatic carbocycles. The van der Waals surface area contributed by atoms with Crippen molar-refractivity contribution in [1.82, 2.24) is 0 Å². The molecule has 0 aliphatic rings. The highest BCUT2D eigenvalue weighted by molar-refractivity contribution is 5.89. The molecule has 0 aromatic rings. The van der Waals surface area contributed by atoms with E-state index in [1.165, 1.54) is 0 Å². The van der Waals surface area contributed by atoms with Crippen LogP contribution >= 0.6 is 0 Å². The third-order valence-electron chi connectivity index (χ3n) is 2.64. The van der Waals surface area contributed by atoms with Gasteiger partial charge in [-0.15, -0.1) is 0 Å². The molecule has 1 unspecified atom stereocenters. The lowest BCUT2D eigenvalue weighted by molar-refractivity contribution is -0.142. The molecule has 100 valence electrons. The molecule has 0 rings (SSSR count). The first-order valence-corrected chi connectivity index (χ1v) is 6.21. The molecule has 0 fully saturated rings. The Labute approximate surface area is 103 Å². The standard InChI is InChI=1S/C13H24O4/c1-4-6-7-10(3)12(5-2)13(16)17-9-11(15)8-14/h11,14-15H,4-9H2,1-3H3. The number of allylic oxidation sites excluding steroid dienone is 1. The minimum absolute atomic E-state index is 0.153. The van der Waals surface area contributed by atoms with Crippen LogP contribution in [0.3, 0.4) is 0 Å². The molecule has 0 spiro atoms. The summed E-state index contributed by atoms with van der Waals surface area (Å²) in [6, 6.07) is 0. The first-order valence-electron chi connectivity index (χ1n) is 6.21. The molecule has 0 heterocycles. The maximum atomic E-state index is 11.7. The monoisotopic (exact) mass is 244 g/mol. The Morgan fingerprint density at radius 3 is 2.47 bits per heavy atom. The lowest BCUT2D eigenvalue weighted by Gasteiger charge is -2.12. The van der Waals surface area contributed by atoms with Crippen LogP contribution in [0.1, 0.15) is 46.5 Å². The summed E-state index contributed by atoms with van der Waals surface area (Å²) in [5, 5.41) is 17.7. The number of hydrogen-bond donors (Lipinski definition) is 2. The van der Waals surface area contributed by atoms with Gasteiger partial charge in [0.15, 0.2) is 0 Å². The number of rotatable bonds is 8. The molecule has 0 saturated carbocycles. The van der Waals surface area contributed by atoms with Crippen molar-refractivity contribution >= 4 is 5.97 Å². The van der Waals surface area contributed by atoms with E-state index in [0.29, 0.717) is 12.0 Å². The van der Waals surface area contributed by atoms with E-state index in [2.05, 4.69) is 6.92 Å². The first-order chi connectivity index (χ1) is 8.06. The molecule has 0 aliphatic heterocycles. The molecule has 1 atom stereocenters. The molecule has 2 N–H and O–H groups in total. The van der Waals surface area contributed by atoms with Crippen LogP contribution in [-0.2, 0) is 9.53 Å². The van der Waals surface area contributed by atoms with Gasteiger partial charge >= 0.3 is 5.97 Å². The molecule has 0 saturated heterocycles. The van der Waals surface area contributed by atoms with E-state index in [1.807, 2.05) is 13.8 Å². The van der Waals surface area contributed by atoms with Crippen LogP contribution in [0.2, 0.25) is 0 Å².